The molecule has 0 amide bonds. The van der Waals surface area contributed by atoms with E-state index in [-0.39, 0.29) is 17.9 Å². The Kier molecular flexibility index (Phi) is 10.2. The molecule has 1 unspecified atom stereocenters. The van der Waals surface area contributed by atoms with Gasteiger partial charge in [-0.3, -0.25) is 4.90 Å². The highest BCUT2D eigenvalue weighted by atomic mass is 28.4. The van der Waals surface area contributed by atoms with E-state index in [1.165, 1.54) is 36.3 Å². The molecule has 11 heteroatoms. The number of methoxy groups -OCH3 is 1. The van der Waals surface area contributed by atoms with Crippen molar-refractivity contribution < 1.29 is 31.1 Å². The van der Waals surface area contributed by atoms with Crippen molar-refractivity contribution >= 4 is 29.6 Å². The van der Waals surface area contributed by atoms with Crippen molar-refractivity contribution in [1.29, 1.82) is 0 Å². The van der Waals surface area contributed by atoms with Crippen molar-refractivity contribution in [3.63, 3.8) is 0 Å². The van der Waals surface area contributed by atoms with Gasteiger partial charge in [0, 0.05) is 54.3 Å². The average molecular weight is 748 g/mol. The second-order valence-electron chi connectivity index (χ2n) is 15.6. The maximum atomic E-state index is 16.8. The molecule has 0 spiro atoms. The summed E-state index contributed by atoms with van der Waals surface area (Å²) in [6.07, 6.45) is -0.270. The number of nitrogens with one attached hydrogen (secondary N) is 2. The summed E-state index contributed by atoms with van der Waals surface area (Å²) in [4.78, 5) is 4.71. The van der Waals surface area contributed by atoms with Crippen LogP contribution in [0.1, 0.15) is 62.2 Å². The van der Waals surface area contributed by atoms with E-state index >= 15 is 17.6 Å². The number of H-pyrrole nitrogens is 1. The molecule has 53 heavy (non-hydrogen) atoms. The summed E-state index contributed by atoms with van der Waals surface area (Å²) in [5.74, 6) is -5.58. The Morgan fingerprint density at radius 3 is 2.00 bits per heavy atom. The smallest absolute Gasteiger partial charge is 0.282 e. The second-order valence-corrected chi connectivity index (χ2v) is 19.9. The predicted octanol–water partition coefficient (Wildman–Crippen LogP) is 8.04. The van der Waals surface area contributed by atoms with Crippen molar-refractivity contribution in [2.75, 3.05) is 33.4 Å². The lowest BCUT2D eigenvalue weighted by Gasteiger charge is -2.45. The third-order valence-electron chi connectivity index (χ3n) is 11.1. The Bertz CT molecular complexity index is 2000. The van der Waals surface area contributed by atoms with Crippen LogP contribution < -0.4 is 15.7 Å². The molecule has 4 aromatic carbocycles. The second kappa shape index (κ2) is 14.4. The quantitative estimate of drug-likeness (QED) is 0.106. The summed E-state index contributed by atoms with van der Waals surface area (Å²) in [5.41, 5.74) is 1.57. The van der Waals surface area contributed by atoms with Gasteiger partial charge in [-0.15, -0.1) is 0 Å². The topological polar surface area (TPSA) is 49.5 Å². The molecular formula is C42H46F5N3O2Si. The number of fused-ring (bicyclic) bond motifs is 3. The zero-order valence-electron chi connectivity index (χ0n) is 30.7. The maximum absolute atomic E-state index is 16.8. The van der Waals surface area contributed by atoms with Crippen LogP contribution in [0.3, 0.4) is 0 Å². The number of aromatic nitrogens is 1. The SMILES string of the molecule is COC(c1cc(F)c([C@@H]2c3[nH]c4ccc(F)cc4c3C[C@@H](C)N2CC(F)(F)CO[Si](c2ccccc2)(c2ccccc2)C(C)(C)C)c(F)c1)C1CNC1. The van der Waals surface area contributed by atoms with Gasteiger partial charge in [0.25, 0.3) is 14.2 Å². The number of alkyl halides is 2. The van der Waals surface area contributed by atoms with Gasteiger partial charge < -0.3 is 19.5 Å². The van der Waals surface area contributed by atoms with Crippen molar-refractivity contribution in [2.24, 2.45) is 5.92 Å². The lowest BCUT2D eigenvalue weighted by Crippen LogP contribution is -2.67. The van der Waals surface area contributed by atoms with E-state index in [4.69, 9.17) is 9.16 Å². The lowest BCUT2D eigenvalue weighted by molar-refractivity contribution is -0.0825. The van der Waals surface area contributed by atoms with Crippen LogP contribution in [0.2, 0.25) is 5.04 Å². The normalized spacial score (nSPS) is 19.3. The van der Waals surface area contributed by atoms with E-state index in [0.717, 1.165) is 10.4 Å². The molecule has 2 N–H and O–H groups in total. The van der Waals surface area contributed by atoms with Gasteiger partial charge in [-0.25, -0.2) is 22.0 Å². The van der Waals surface area contributed by atoms with Crippen molar-refractivity contribution in [3.05, 3.63) is 131 Å². The molecule has 1 saturated heterocycles. The van der Waals surface area contributed by atoms with Gasteiger partial charge in [0.15, 0.2) is 0 Å². The van der Waals surface area contributed by atoms with Gasteiger partial charge in [-0.05, 0) is 70.2 Å². The highest BCUT2D eigenvalue weighted by molar-refractivity contribution is 6.99. The van der Waals surface area contributed by atoms with E-state index < -0.39 is 68.1 Å². The fraction of sp³-hybridized carbons (Fsp3) is 0.381. The summed E-state index contributed by atoms with van der Waals surface area (Å²) in [6.45, 7) is 7.38. The van der Waals surface area contributed by atoms with E-state index in [2.05, 4.69) is 10.3 Å². The van der Waals surface area contributed by atoms with Crippen LogP contribution in [0.15, 0.2) is 91.0 Å². The fourth-order valence-electron chi connectivity index (χ4n) is 8.53. The number of rotatable bonds is 11. The first kappa shape index (κ1) is 37.4. The molecule has 1 fully saturated rings. The van der Waals surface area contributed by atoms with Crippen LogP contribution in [0.25, 0.3) is 10.9 Å². The Morgan fingerprint density at radius 1 is 0.868 bits per heavy atom. The minimum absolute atomic E-state index is 0.0419. The van der Waals surface area contributed by atoms with E-state index in [9.17, 15) is 4.39 Å². The highest BCUT2D eigenvalue weighted by Gasteiger charge is 2.53. The third kappa shape index (κ3) is 6.87. The largest absolute Gasteiger partial charge is 0.401 e. The Morgan fingerprint density at radius 2 is 1.47 bits per heavy atom. The summed E-state index contributed by atoms with van der Waals surface area (Å²) in [7, 11) is -1.83. The molecule has 1 aromatic heterocycles. The maximum Gasteiger partial charge on any atom is 0.282 e. The van der Waals surface area contributed by atoms with Gasteiger partial charge in [-0.2, -0.15) is 0 Å². The summed E-state index contributed by atoms with van der Waals surface area (Å²) in [6, 6.07) is 24.0. The first-order chi connectivity index (χ1) is 25.2. The number of halogens is 5. The number of hydrogen-bond acceptors (Lipinski definition) is 4. The molecule has 7 rings (SSSR count). The number of aromatic amines is 1. The van der Waals surface area contributed by atoms with E-state index in [1.807, 2.05) is 81.4 Å². The Balaban J connectivity index is 1.29. The molecule has 0 saturated carbocycles. The van der Waals surface area contributed by atoms with Crippen molar-refractivity contribution in [1.82, 2.24) is 15.2 Å². The zero-order valence-corrected chi connectivity index (χ0v) is 31.7. The lowest BCUT2D eigenvalue weighted by atomic mass is 9.85. The molecule has 5 aromatic rings. The van der Waals surface area contributed by atoms with Crippen LogP contribution in [-0.2, 0) is 15.6 Å². The Labute approximate surface area is 308 Å². The van der Waals surface area contributed by atoms with Crippen LogP contribution in [0.5, 0.6) is 0 Å². The monoisotopic (exact) mass is 747 g/mol. The molecule has 0 radical (unpaired) electrons. The van der Waals surface area contributed by atoms with E-state index in [0.29, 0.717) is 40.8 Å². The standard InChI is InChI=1S/C42H46F5N3O2Si/c1-26-18-33-32-21-29(43)16-17-36(32)49-38(33)39(37-34(44)19-27(20-35(37)45)40(51-5)28-22-48-23-28)50(26)24-42(46,47)25-52-53(41(2,3)4,30-12-8-6-9-13-30)31-14-10-7-11-15-31/h6-17,19-21,26,28,39-40,48-49H,18,22-25H2,1-5H3/t26-,39-,40?/m1/s1. The summed E-state index contributed by atoms with van der Waals surface area (Å²) >= 11 is 0. The van der Waals surface area contributed by atoms with Gasteiger partial charge in [0.1, 0.15) is 17.5 Å². The zero-order chi connectivity index (χ0) is 37.7. The number of ether oxygens (including phenoxy) is 1. The van der Waals surface area contributed by atoms with Crippen LogP contribution in [-0.4, -0.2) is 63.5 Å². The number of hydrogen-bond donors (Lipinski definition) is 2. The summed E-state index contributed by atoms with van der Waals surface area (Å²) in [5, 5.41) is 4.92. The molecular weight excluding hydrogens is 702 g/mol. The minimum atomic E-state index is -3.44. The molecule has 0 bridgehead atoms. The predicted molar refractivity (Wildman–Crippen MR) is 201 cm³/mol. The van der Waals surface area contributed by atoms with Crippen molar-refractivity contribution in [3.8, 4) is 0 Å². The van der Waals surface area contributed by atoms with Crippen LogP contribution in [0, 0.1) is 23.4 Å². The Hall–Kier alpha value is -3.87. The minimum Gasteiger partial charge on any atom is -0.401 e. The molecule has 280 valence electrons. The molecule has 2 aliphatic heterocycles. The molecule has 5 nitrogen and oxygen atoms in total. The molecule has 3 atom stereocenters. The van der Waals surface area contributed by atoms with Crippen LogP contribution >= 0.6 is 0 Å². The van der Waals surface area contributed by atoms with Gasteiger partial charge in [-0.1, -0.05) is 81.4 Å². The molecule has 3 heterocycles. The van der Waals surface area contributed by atoms with Gasteiger partial charge in [0.05, 0.1) is 25.3 Å². The van der Waals surface area contributed by atoms with E-state index in [1.54, 1.807) is 13.0 Å². The first-order valence-corrected chi connectivity index (χ1v) is 20.1. The van der Waals surface area contributed by atoms with Gasteiger partial charge in [0.2, 0.25) is 0 Å². The van der Waals surface area contributed by atoms with Gasteiger partial charge >= 0.3 is 0 Å². The first-order valence-electron chi connectivity index (χ1n) is 18.1. The fourth-order valence-corrected chi connectivity index (χ4v) is 13.1. The van der Waals surface area contributed by atoms with Crippen LogP contribution in [0.4, 0.5) is 22.0 Å². The third-order valence-corrected chi connectivity index (χ3v) is 16.1. The average Bonchev–Trinajstić information content (AvgIpc) is 3.44. The highest BCUT2D eigenvalue weighted by Crippen LogP contribution is 2.45. The number of nitrogens with zero attached hydrogens (tertiary/aromatic N) is 1. The van der Waals surface area contributed by atoms with Crippen molar-refractivity contribution in [2.45, 2.75) is 63.3 Å². The summed E-state index contributed by atoms with van der Waals surface area (Å²) < 4.78 is 93.5. The molecule has 0 aliphatic carbocycles. The number of benzene rings is 4. The molecule has 2 aliphatic rings.